The molecule has 9 heteroatoms. The molecular weight excluding hydrogens is 392 g/mol. The van der Waals surface area contributed by atoms with E-state index in [4.69, 9.17) is 4.52 Å². The molecule has 1 aromatic heterocycles. The van der Waals surface area contributed by atoms with Crippen LogP contribution in [-0.2, 0) is 16.4 Å². The lowest BCUT2D eigenvalue weighted by Gasteiger charge is -2.32. The van der Waals surface area contributed by atoms with E-state index in [1.807, 2.05) is 4.90 Å². The highest BCUT2D eigenvalue weighted by molar-refractivity contribution is 7.89. The number of piperidine rings is 1. The van der Waals surface area contributed by atoms with Crippen LogP contribution in [0.3, 0.4) is 0 Å². The van der Waals surface area contributed by atoms with Crippen LogP contribution in [0.1, 0.15) is 53.7 Å². The van der Waals surface area contributed by atoms with Crippen LogP contribution in [0.4, 0.5) is 0 Å². The van der Waals surface area contributed by atoms with Gasteiger partial charge in [-0.3, -0.25) is 4.79 Å². The Kier molecular flexibility index (Phi) is 5.44. The lowest BCUT2D eigenvalue weighted by Crippen LogP contribution is -2.40. The highest BCUT2D eigenvalue weighted by Gasteiger charge is 2.30. The highest BCUT2D eigenvalue weighted by Crippen LogP contribution is 2.38. The smallest absolute Gasteiger partial charge is 0.253 e. The van der Waals surface area contributed by atoms with Gasteiger partial charge >= 0.3 is 0 Å². The van der Waals surface area contributed by atoms with Crippen molar-refractivity contribution >= 4 is 15.9 Å². The van der Waals surface area contributed by atoms with Gasteiger partial charge in [-0.25, -0.2) is 12.7 Å². The predicted octanol–water partition coefficient (Wildman–Crippen LogP) is 2.29. The van der Waals surface area contributed by atoms with Crippen LogP contribution in [0.5, 0.6) is 0 Å². The molecule has 1 aromatic carbocycles. The Morgan fingerprint density at radius 1 is 1.21 bits per heavy atom. The molecule has 0 N–H and O–H groups in total. The Labute approximate surface area is 170 Å². The zero-order valence-corrected chi connectivity index (χ0v) is 17.6. The normalized spacial score (nSPS) is 20.2. The maximum atomic E-state index is 12.9. The average molecular weight is 419 g/mol. The SMILES string of the molecule is CN(C)S(=O)(=O)c1ccc(C(=O)N2CCCC(Cc3nc(C4CC4)no3)C2)cc1. The van der Waals surface area contributed by atoms with Crippen molar-refractivity contribution in [1.82, 2.24) is 19.3 Å². The van der Waals surface area contributed by atoms with Gasteiger partial charge in [0, 0.05) is 45.1 Å². The molecule has 1 saturated carbocycles. The molecule has 1 aliphatic carbocycles. The number of hydrogen-bond donors (Lipinski definition) is 0. The molecule has 1 unspecified atom stereocenters. The van der Waals surface area contributed by atoms with Crippen LogP contribution in [0.15, 0.2) is 33.7 Å². The molecular formula is C20H26N4O4S. The van der Waals surface area contributed by atoms with Crippen LogP contribution in [-0.4, -0.2) is 60.9 Å². The van der Waals surface area contributed by atoms with E-state index in [-0.39, 0.29) is 16.7 Å². The second-order valence-corrected chi connectivity index (χ2v) is 10.2. The quantitative estimate of drug-likeness (QED) is 0.714. The van der Waals surface area contributed by atoms with Crippen LogP contribution >= 0.6 is 0 Å². The van der Waals surface area contributed by atoms with Gasteiger partial charge in [-0.1, -0.05) is 5.16 Å². The number of hydrogen-bond acceptors (Lipinski definition) is 6. The molecule has 4 rings (SSSR count). The number of aromatic nitrogens is 2. The fraction of sp³-hybridized carbons (Fsp3) is 0.550. The van der Waals surface area contributed by atoms with Gasteiger partial charge in [0.2, 0.25) is 15.9 Å². The van der Waals surface area contributed by atoms with Crippen molar-refractivity contribution in [2.45, 2.75) is 42.9 Å². The summed E-state index contributed by atoms with van der Waals surface area (Å²) in [6.45, 7) is 1.34. The van der Waals surface area contributed by atoms with Gasteiger partial charge in [0.25, 0.3) is 5.91 Å². The summed E-state index contributed by atoms with van der Waals surface area (Å²) < 4.78 is 30.9. The van der Waals surface area contributed by atoms with Crippen LogP contribution < -0.4 is 0 Å². The minimum Gasteiger partial charge on any atom is -0.339 e. The Morgan fingerprint density at radius 3 is 2.59 bits per heavy atom. The summed E-state index contributed by atoms with van der Waals surface area (Å²) >= 11 is 0. The molecule has 2 aromatic rings. The zero-order chi connectivity index (χ0) is 20.6. The topological polar surface area (TPSA) is 96.6 Å². The van der Waals surface area contributed by atoms with Crippen LogP contribution in [0.25, 0.3) is 0 Å². The number of sulfonamides is 1. The van der Waals surface area contributed by atoms with Gasteiger partial charge in [-0.05, 0) is 55.9 Å². The van der Waals surface area contributed by atoms with E-state index in [0.29, 0.717) is 36.9 Å². The van der Waals surface area contributed by atoms with Crippen molar-refractivity contribution < 1.29 is 17.7 Å². The molecule has 1 aliphatic heterocycles. The van der Waals surface area contributed by atoms with Crippen molar-refractivity contribution in [3.05, 3.63) is 41.5 Å². The van der Waals surface area contributed by atoms with Gasteiger partial charge in [-0.15, -0.1) is 0 Å². The highest BCUT2D eigenvalue weighted by atomic mass is 32.2. The third kappa shape index (κ3) is 4.35. The molecule has 2 fully saturated rings. The number of carbonyl (C=O) groups is 1. The number of carbonyl (C=O) groups excluding carboxylic acids is 1. The standard InChI is InChI=1S/C20H26N4O4S/c1-23(2)29(26,27)17-9-7-16(8-10-17)20(25)24-11-3-4-14(13-24)12-18-21-19(22-28-18)15-5-6-15/h7-10,14-15H,3-6,11-13H2,1-2H3. The van der Waals surface area contributed by atoms with Crippen LogP contribution in [0, 0.1) is 5.92 Å². The minimum atomic E-state index is -3.50. The number of rotatable bonds is 6. The molecule has 2 aliphatic rings. The average Bonchev–Trinajstić information content (AvgIpc) is 3.47. The second-order valence-electron chi connectivity index (χ2n) is 8.10. The molecule has 29 heavy (non-hydrogen) atoms. The Balaban J connectivity index is 1.40. The first kappa shape index (κ1) is 20.0. The largest absolute Gasteiger partial charge is 0.339 e. The lowest BCUT2D eigenvalue weighted by atomic mass is 9.94. The fourth-order valence-electron chi connectivity index (χ4n) is 3.68. The number of benzene rings is 1. The maximum absolute atomic E-state index is 12.9. The summed E-state index contributed by atoms with van der Waals surface area (Å²) in [6, 6.07) is 6.15. The molecule has 156 valence electrons. The van der Waals surface area contributed by atoms with E-state index in [1.165, 1.54) is 26.2 Å². The van der Waals surface area contributed by atoms with Gasteiger partial charge in [0.05, 0.1) is 4.90 Å². The lowest BCUT2D eigenvalue weighted by molar-refractivity contribution is 0.0668. The molecule has 1 amide bonds. The maximum Gasteiger partial charge on any atom is 0.253 e. The fourth-order valence-corrected chi connectivity index (χ4v) is 4.59. The number of nitrogens with zero attached hydrogens (tertiary/aromatic N) is 4. The Bertz CT molecular complexity index is 980. The van der Waals surface area contributed by atoms with Crippen molar-refractivity contribution in [1.29, 1.82) is 0 Å². The van der Waals surface area contributed by atoms with Gasteiger partial charge in [0.15, 0.2) is 5.82 Å². The van der Waals surface area contributed by atoms with Crippen molar-refractivity contribution in [3.63, 3.8) is 0 Å². The number of likely N-dealkylation sites (tertiary alicyclic amines) is 1. The Hall–Kier alpha value is -2.26. The monoisotopic (exact) mass is 418 g/mol. The zero-order valence-electron chi connectivity index (χ0n) is 16.7. The second kappa shape index (κ2) is 7.87. The third-order valence-electron chi connectivity index (χ3n) is 5.58. The Morgan fingerprint density at radius 2 is 1.93 bits per heavy atom. The molecule has 0 radical (unpaired) electrons. The first-order valence-corrected chi connectivity index (χ1v) is 11.4. The summed E-state index contributed by atoms with van der Waals surface area (Å²) in [7, 11) is -0.531. The van der Waals surface area contributed by atoms with Crippen molar-refractivity contribution in [2.75, 3.05) is 27.2 Å². The molecule has 0 spiro atoms. The van der Waals surface area contributed by atoms with Crippen LogP contribution in [0.2, 0.25) is 0 Å². The van der Waals surface area contributed by atoms with E-state index in [1.54, 1.807) is 12.1 Å². The third-order valence-corrected chi connectivity index (χ3v) is 7.40. The van der Waals surface area contributed by atoms with Gasteiger partial charge in [0.1, 0.15) is 0 Å². The molecule has 1 atom stereocenters. The van der Waals surface area contributed by atoms with Crippen molar-refractivity contribution in [2.24, 2.45) is 5.92 Å². The summed E-state index contributed by atoms with van der Waals surface area (Å²) in [4.78, 5) is 19.4. The van der Waals surface area contributed by atoms with E-state index in [9.17, 15) is 13.2 Å². The summed E-state index contributed by atoms with van der Waals surface area (Å²) in [6.07, 6.45) is 4.90. The van der Waals surface area contributed by atoms with Crippen molar-refractivity contribution in [3.8, 4) is 0 Å². The van der Waals surface area contributed by atoms with E-state index >= 15 is 0 Å². The van der Waals surface area contributed by atoms with E-state index in [2.05, 4.69) is 10.1 Å². The summed E-state index contributed by atoms with van der Waals surface area (Å²) in [5.41, 5.74) is 0.497. The van der Waals surface area contributed by atoms with Gasteiger partial charge in [-0.2, -0.15) is 4.98 Å². The summed E-state index contributed by atoms with van der Waals surface area (Å²) in [5, 5.41) is 4.07. The van der Waals surface area contributed by atoms with Gasteiger partial charge < -0.3 is 9.42 Å². The first-order chi connectivity index (χ1) is 13.8. The molecule has 8 nitrogen and oxygen atoms in total. The summed E-state index contributed by atoms with van der Waals surface area (Å²) in [5.74, 6) is 2.15. The number of amides is 1. The first-order valence-electron chi connectivity index (χ1n) is 9.99. The van der Waals surface area contributed by atoms with E-state index < -0.39 is 10.0 Å². The predicted molar refractivity (Wildman–Crippen MR) is 106 cm³/mol. The molecule has 0 bridgehead atoms. The molecule has 1 saturated heterocycles. The minimum absolute atomic E-state index is 0.0762. The molecule has 2 heterocycles. The van der Waals surface area contributed by atoms with E-state index in [0.717, 1.165) is 35.8 Å².